The van der Waals surface area contributed by atoms with E-state index in [1.165, 1.54) is 0 Å². The van der Waals surface area contributed by atoms with Crippen LogP contribution in [0.2, 0.25) is 0 Å². The Bertz CT molecular complexity index is 787. The number of benzene rings is 1. The van der Waals surface area contributed by atoms with E-state index in [1.54, 1.807) is 11.8 Å². The summed E-state index contributed by atoms with van der Waals surface area (Å²) in [6.07, 6.45) is 1.63. The lowest BCUT2D eigenvalue weighted by Crippen LogP contribution is -2.50. The van der Waals surface area contributed by atoms with Gasteiger partial charge < -0.3 is 10.2 Å². The molecule has 1 aromatic rings. The van der Waals surface area contributed by atoms with Gasteiger partial charge in [0, 0.05) is 12.1 Å². The molecule has 6 nitrogen and oxygen atoms in total. The second-order valence-electron chi connectivity index (χ2n) is 9.59. The Labute approximate surface area is 181 Å². The first-order chi connectivity index (χ1) is 13.9. The van der Waals surface area contributed by atoms with Crippen LogP contribution in [0.5, 0.6) is 0 Å². The fourth-order valence-electron chi connectivity index (χ4n) is 3.88. The summed E-state index contributed by atoms with van der Waals surface area (Å²) in [5, 5.41) is 2.80. The highest BCUT2D eigenvalue weighted by Gasteiger charge is 2.50. The fraction of sp³-hybridized carbons (Fsp3) is 0.625. The van der Waals surface area contributed by atoms with Gasteiger partial charge in [-0.1, -0.05) is 58.9 Å². The van der Waals surface area contributed by atoms with Gasteiger partial charge in [-0.25, -0.2) is 4.79 Å². The van der Waals surface area contributed by atoms with Crippen molar-refractivity contribution in [2.45, 2.75) is 91.3 Å². The minimum absolute atomic E-state index is 0.00375. The Morgan fingerprint density at radius 3 is 2.00 bits per heavy atom. The molecule has 1 aliphatic rings. The first-order valence-corrected chi connectivity index (χ1v) is 10.9. The van der Waals surface area contributed by atoms with Crippen molar-refractivity contribution in [2.24, 2.45) is 0 Å². The van der Waals surface area contributed by atoms with E-state index in [1.807, 2.05) is 52.0 Å². The SMILES string of the molecule is CCC(C)N(C(=O)CN1C(=O)NC(C)(c2ccc(C(C)(C)C)cc2)C1=O)C(C)CC. The van der Waals surface area contributed by atoms with E-state index < -0.39 is 17.5 Å². The number of nitrogens with zero attached hydrogens (tertiary/aromatic N) is 2. The molecule has 6 heteroatoms. The Hall–Kier alpha value is -2.37. The first-order valence-electron chi connectivity index (χ1n) is 10.9. The van der Waals surface area contributed by atoms with Crippen molar-refractivity contribution in [3.8, 4) is 0 Å². The second kappa shape index (κ2) is 8.78. The summed E-state index contributed by atoms with van der Waals surface area (Å²) in [5.41, 5.74) is 0.683. The molecular weight excluding hydrogens is 378 g/mol. The maximum absolute atomic E-state index is 13.2. The molecule has 0 bridgehead atoms. The van der Waals surface area contributed by atoms with Crippen LogP contribution < -0.4 is 5.32 Å². The molecule has 2 rings (SSSR count). The smallest absolute Gasteiger partial charge is 0.325 e. The number of imide groups is 1. The van der Waals surface area contributed by atoms with Gasteiger partial charge in [-0.3, -0.25) is 14.5 Å². The molecule has 1 fully saturated rings. The van der Waals surface area contributed by atoms with Crippen molar-refractivity contribution in [1.29, 1.82) is 0 Å². The molecule has 3 unspecified atom stereocenters. The van der Waals surface area contributed by atoms with Gasteiger partial charge in [0.05, 0.1) is 0 Å². The lowest BCUT2D eigenvalue weighted by atomic mass is 9.84. The second-order valence-corrected chi connectivity index (χ2v) is 9.59. The molecule has 1 saturated heterocycles. The van der Waals surface area contributed by atoms with Crippen LogP contribution in [0.1, 0.15) is 79.4 Å². The summed E-state index contributed by atoms with van der Waals surface area (Å²) < 4.78 is 0. The molecule has 30 heavy (non-hydrogen) atoms. The topological polar surface area (TPSA) is 69.7 Å². The van der Waals surface area contributed by atoms with Crippen molar-refractivity contribution in [3.63, 3.8) is 0 Å². The first kappa shape index (κ1) is 23.9. The number of urea groups is 1. The van der Waals surface area contributed by atoms with Crippen LogP contribution in [0.15, 0.2) is 24.3 Å². The van der Waals surface area contributed by atoms with Gasteiger partial charge in [0.15, 0.2) is 0 Å². The van der Waals surface area contributed by atoms with Crippen LogP contribution in [0, 0.1) is 0 Å². The molecule has 0 aliphatic carbocycles. The molecule has 1 heterocycles. The zero-order chi connectivity index (χ0) is 22.9. The molecule has 1 aliphatic heterocycles. The maximum atomic E-state index is 13.2. The predicted molar refractivity (Wildman–Crippen MR) is 119 cm³/mol. The minimum atomic E-state index is -1.18. The van der Waals surface area contributed by atoms with Gasteiger partial charge in [0.1, 0.15) is 12.1 Å². The third-order valence-electron chi connectivity index (χ3n) is 6.32. The maximum Gasteiger partial charge on any atom is 0.325 e. The third-order valence-corrected chi connectivity index (χ3v) is 6.32. The van der Waals surface area contributed by atoms with Gasteiger partial charge in [-0.15, -0.1) is 0 Å². The van der Waals surface area contributed by atoms with E-state index in [0.717, 1.165) is 23.3 Å². The van der Waals surface area contributed by atoms with Gasteiger partial charge in [-0.05, 0) is 50.2 Å². The largest absolute Gasteiger partial charge is 0.336 e. The van der Waals surface area contributed by atoms with Gasteiger partial charge >= 0.3 is 6.03 Å². The van der Waals surface area contributed by atoms with E-state index in [-0.39, 0.29) is 30.0 Å². The number of hydrogen-bond donors (Lipinski definition) is 1. The van der Waals surface area contributed by atoms with Gasteiger partial charge in [0.2, 0.25) is 5.91 Å². The highest BCUT2D eigenvalue weighted by Crippen LogP contribution is 2.31. The molecule has 3 atom stereocenters. The van der Waals surface area contributed by atoms with Crippen LogP contribution >= 0.6 is 0 Å². The number of hydrogen-bond acceptors (Lipinski definition) is 3. The normalized spacial score (nSPS) is 21.4. The third kappa shape index (κ3) is 4.52. The Balaban J connectivity index is 2.26. The predicted octanol–water partition coefficient (Wildman–Crippen LogP) is 4.18. The highest BCUT2D eigenvalue weighted by atomic mass is 16.2. The lowest BCUT2D eigenvalue weighted by Gasteiger charge is -2.35. The Morgan fingerprint density at radius 1 is 1.07 bits per heavy atom. The van der Waals surface area contributed by atoms with Crippen molar-refractivity contribution in [2.75, 3.05) is 6.54 Å². The van der Waals surface area contributed by atoms with E-state index in [9.17, 15) is 14.4 Å². The zero-order valence-corrected chi connectivity index (χ0v) is 19.7. The molecule has 4 amide bonds. The van der Waals surface area contributed by atoms with Crippen molar-refractivity contribution in [1.82, 2.24) is 15.1 Å². The Kier molecular flexibility index (Phi) is 7.00. The molecule has 0 aromatic heterocycles. The summed E-state index contributed by atoms with van der Waals surface area (Å²) in [5.74, 6) is -0.591. The van der Waals surface area contributed by atoms with Crippen molar-refractivity contribution < 1.29 is 14.4 Å². The number of carbonyl (C=O) groups is 3. The number of amides is 4. The Morgan fingerprint density at radius 2 is 1.57 bits per heavy atom. The van der Waals surface area contributed by atoms with Crippen LogP contribution in [0.3, 0.4) is 0 Å². The van der Waals surface area contributed by atoms with Gasteiger partial charge in [0.25, 0.3) is 5.91 Å². The number of nitrogens with one attached hydrogen (secondary N) is 1. The average molecular weight is 416 g/mol. The molecule has 0 saturated carbocycles. The molecule has 166 valence electrons. The standard InChI is InChI=1S/C24H37N3O3/c1-9-16(3)27(17(4)10-2)20(28)15-26-21(29)24(8,25-22(26)30)19-13-11-18(12-14-19)23(5,6)7/h11-14,16-17H,9-10,15H2,1-8H3,(H,25,30). The minimum Gasteiger partial charge on any atom is -0.336 e. The van der Waals surface area contributed by atoms with E-state index in [2.05, 4.69) is 26.1 Å². The molecule has 0 spiro atoms. The van der Waals surface area contributed by atoms with Crippen LogP contribution in [-0.4, -0.2) is 46.3 Å². The van der Waals surface area contributed by atoms with Crippen molar-refractivity contribution in [3.05, 3.63) is 35.4 Å². The van der Waals surface area contributed by atoms with E-state index in [4.69, 9.17) is 0 Å². The number of carbonyl (C=O) groups excluding carboxylic acids is 3. The molecule has 0 radical (unpaired) electrons. The summed E-state index contributed by atoms with van der Waals surface area (Å²) in [6.45, 7) is 15.9. The summed E-state index contributed by atoms with van der Waals surface area (Å²) >= 11 is 0. The fourth-order valence-corrected chi connectivity index (χ4v) is 3.88. The van der Waals surface area contributed by atoms with Crippen LogP contribution in [0.4, 0.5) is 4.79 Å². The van der Waals surface area contributed by atoms with Gasteiger partial charge in [-0.2, -0.15) is 0 Å². The quantitative estimate of drug-likeness (QED) is 0.679. The lowest BCUT2D eigenvalue weighted by molar-refractivity contribution is -0.141. The van der Waals surface area contributed by atoms with E-state index in [0.29, 0.717) is 5.56 Å². The summed E-state index contributed by atoms with van der Waals surface area (Å²) in [7, 11) is 0. The highest BCUT2D eigenvalue weighted by molar-refractivity contribution is 6.09. The van der Waals surface area contributed by atoms with Crippen LogP contribution in [0.25, 0.3) is 0 Å². The summed E-state index contributed by atoms with van der Waals surface area (Å²) in [4.78, 5) is 41.8. The monoisotopic (exact) mass is 415 g/mol. The summed E-state index contributed by atoms with van der Waals surface area (Å²) in [6, 6.07) is 7.31. The van der Waals surface area contributed by atoms with Crippen molar-refractivity contribution >= 4 is 17.8 Å². The average Bonchev–Trinajstić information content (AvgIpc) is 2.91. The molecule has 1 N–H and O–H groups in total. The van der Waals surface area contributed by atoms with Crippen LogP contribution in [-0.2, 0) is 20.5 Å². The molecular formula is C24H37N3O3. The number of rotatable bonds is 7. The molecule has 1 aromatic carbocycles. The van der Waals surface area contributed by atoms with E-state index >= 15 is 0 Å². The zero-order valence-electron chi connectivity index (χ0n) is 19.7.